The van der Waals surface area contributed by atoms with E-state index in [1.165, 1.54) is 0 Å². The van der Waals surface area contributed by atoms with Gasteiger partial charge in [-0.1, -0.05) is 6.92 Å². The van der Waals surface area contributed by atoms with E-state index in [4.69, 9.17) is 0 Å². The van der Waals surface area contributed by atoms with Crippen LogP contribution in [0.25, 0.3) is 5.82 Å². The molecule has 0 unspecified atom stereocenters. The topological polar surface area (TPSA) is 43.6 Å². The molecule has 2 aromatic rings. The van der Waals surface area contributed by atoms with Crippen molar-refractivity contribution in [2.45, 2.75) is 27.2 Å². The van der Waals surface area contributed by atoms with E-state index in [1.807, 2.05) is 30.7 Å². The highest BCUT2D eigenvalue weighted by Gasteiger charge is 2.05. The fourth-order valence-corrected chi connectivity index (χ4v) is 1.56. The van der Waals surface area contributed by atoms with E-state index in [0.717, 1.165) is 29.3 Å². The molecule has 0 atom stereocenters. The molecule has 0 radical (unpaired) electrons. The van der Waals surface area contributed by atoms with E-state index in [1.54, 1.807) is 6.33 Å². The summed E-state index contributed by atoms with van der Waals surface area (Å²) in [5, 5.41) is 4.38. The van der Waals surface area contributed by atoms with Crippen molar-refractivity contribution in [2.24, 2.45) is 0 Å². The van der Waals surface area contributed by atoms with Crippen LogP contribution in [-0.4, -0.2) is 19.7 Å². The Bertz CT molecular complexity index is 473. The lowest BCUT2D eigenvalue weighted by Gasteiger charge is -2.03. The average molecular weight is 202 g/mol. The van der Waals surface area contributed by atoms with Gasteiger partial charge in [0.05, 0.1) is 5.69 Å². The van der Waals surface area contributed by atoms with Gasteiger partial charge < -0.3 is 0 Å². The molecule has 15 heavy (non-hydrogen) atoms. The maximum atomic E-state index is 4.38. The Morgan fingerprint density at radius 2 is 2.00 bits per heavy atom. The Kier molecular flexibility index (Phi) is 2.49. The van der Waals surface area contributed by atoms with E-state index in [2.05, 4.69) is 22.0 Å². The highest BCUT2D eigenvalue weighted by molar-refractivity contribution is 5.26. The third-order valence-corrected chi connectivity index (χ3v) is 2.30. The van der Waals surface area contributed by atoms with Gasteiger partial charge in [-0.3, -0.25) is 0 Å². The first-order chi connectivity index (χ1) is 7.20. The molecule has 0 aromatic carbocycles. The van der Waals surface area contributed by atoms with Gasteiger partial charge in [-0.05, 0) is 26.3 Å². The SMILES string of the molecule is CCc1cc(-n2nc(C)cc2C)ncn1. The number of hydrogen-bond acceptors (Lipinski definition) is 3. The van der Waals surface area contributed by atoms with E-state index in [9.17, 15) is 0 Å². The van der Waals surface area contributed by atoms with Crippen molar-refractivity contribution in [1.29, 1.82) is 0 Å². The van der Waals surface area contributed by atoms with E-state index >= 15 is 0 Å². The zero-order valence-electron chi connectivity index (χ0n) is 9.23. The van der Waals surface area contributed by atoms with Gasteiger partial charge >= 0.3 is 0 Å². The summed E-state index contributed by atoms with van der Waals surface area (Å²) in [6.07, 6.45) is 2.50. The summed E-state index contributed by atoms with van der Waals surface area (Å²) >= 11 is 0. The number of rotatable bonds is 2. The maximum Gasteiger partial charge on any atom is 0.157 e. The molecule has 0 saturated heterocycles. The molecule has 0 N–H and O–H groups in total. The number of hydrogen-bond donors (Lipinski definition) is 0. The van der Waals surface area contributed by atoms with Crippen LogP contribution in [0, 0.1) is 13.8 Å². The molecule has 0 fully saturated rings. The van der Waals surface area contributed by atoms with Crippen LogP contribution in [0.2, 0.25) is 0 Å². The number of nitrogens with zero attached hydrogens (tertiary/aromatic N) is 4. The summed E-state index contributed by atoms with van der Waals surface area (Å²) in [6.45, 7) is 6.08. The summed E-state index contributed by atoms with van der Waals surface area (Å²) in [6, 6.07) is 4.01. The summed E-state index contributed by atoms with van der Waals surface area (Å²) in [5.41, 5.74) is 3.13. The van der Waals surface area contributed by atoms with Crippen molar-refractivity contribution in [3.8, 4) is 5.82 Å². The second-order valence-electron chi connectivity index (χ2n) is 3.56. The summed E-state index contributed by atoms with van der Waals surface area (Å²) < 4.78 is 1.84. The zero-order valence-corrected chi connectivity index (χ0v) is 9.23. The fourth-order valence-electron chi connectivity index (χ4n) is 1.56. The van der Waals surface area contributed by atoms with Crippen molar-refractivity contribution in [1.82, 2.24) is 19.7 Å². The largest absolute Gasteiger partial charge is 0.241 e. The van der Waals surface area contributed by atoms with Crippen LogP contribution in [0.1, 0.15) is 24.0 Å². The Morgan fingerprint density at radius 1 is 1.20 bits per heavy atom. The molecule has 0 amide bonds. The van der Waals surface area contributed by atoms with Crippen LogP contribution in [0.5, 0.6) is 0 Å². The summed E-state index contributed by atoms with van der Waals surface area (Å²) in [5.74, 6) is 0.840. The molecule has 0 aliphatic heterocycles. The van der Waals surface area contributed by atoms with Gasteiger partial charge in [0.25, 0.3) is 0 Å². The van der Waals surface area contributed by atoms with Gasteiger partial charge in [-0.15, -0.1) is 0 Å². The van der Waals surface area contributed by atoms with Crippen LogP contribution in [-0.2, 0) is 6.42 Å². The van der Waals surface area contributed by atoms with Crippen LogP contribution in [0.15, 0.2) is 18.5 Å². The third kappa shape index (κ3) is 1.88. The third-order valence-electron chi connectivity index (χ3n) is 2.30. The summed E-state index contributed by atoms with van der Waals surface area (Å²) in [7, 11) is 0. The van der Waals surface area contributed by atoms with E-state index < -0.39 is 0 Å². The Hall–Kier alpha value is -1.71. The molecule has 2 rings (SSSR count). The predicted octanol–water partition coefficient (Wildman–Crippen LogP) is 1.84. The first kappa shape index (κ1) is 9.83. The second-order valence-corrected chi connectivity index (χ2v) is 3.56. The summed E-state index contributed by atoms with van der Waals surface area (Å²) in [4.78, 5) is 8.39. The molecule has 0 saturated carbocycles. The molecule has 2 aromatic heterocycles. The van der Waals surface area contributed by atoms with Crippen molar-refractivity contribution in [3.63, 3.8) is 0 Å². The van der Waals surface area contributed by atoms with Crippen molar-refractivity contribution >= 4 is 0 Å². The van der Waals surface area contributed by atoms with Gasteiger partial charge in [0, 0.05) is 17.5 Å². The molecular weight excluding hydrogens is 188 g/mol. The maximum absolute atomic E-state index is 4.38. The number of aryl methyl sites for hydroxylation is 3. The van der Waals surface area contributed by atoms with Crippen molar-refractivity contribution in [3.05, 3.63) is 35.5 Å². The molecule has 78 valence electrons. The molecule has 4 nitrogen and oxygen atoms in total. The van der Waals surface area contributed by atoms with Crippen molar-refractivity contribution < 1.29 is 0 Å². The minimum atomic E-state index is 0.840. The molecule has 0 spiro atoms. The Balaban J connectivity index is 2.49. The van der Waals surface area contributed by atoms with Gasteiger partial charge in [0.2, 0.25) is 0 Å². The highest BCUT2D eigenvalue weighted by Crippen LogP contribution is 2.09. The van der Waals surface area contributed by atoms with E-state index in [0.29, 0.717) is 0 Å². The quantitative estimate of drug-likeness (QED) is 0.746. The molecule has 0 aliphatic carbocycles. The first-order valence-corrected chi connectivity index (χ1v) is 5.05. The molecule has 0 aliphatic rings. The molecular formula is C11H14N4. The standard InChI is InChI=1S/C11H14N4/c1-4-10-6-11(13-7-12-10)15-9(3)5-8(2)14-15/h5-7H,4H2,1-3H3. The highest BCUT2D eigenvalue weighted by atomic mass is 15.3. The normalized spacial score (nSPS) is 10.6. The first-order valence-electron chi connectivity index (χ1n) is 5.05. The second kappa shape index (κ2) is 3.81. The smallest absolute Gasteiger partial charge is 0.157 e. The lowest BCUT2D eigenvalue weighted by Crippen LogP contribution is -2.03. The van der Waals surface area contributed by atoms with Crippen LogP contribution in [0.4, 0.5) is 0 Å². The van der Waals surface area contributed by atoms with Gasteiger partial charge in [0.15, 0.2) is 5.82 Å². The van der Waals surface area contributed by atoms with Gasteiger partial charge in [-0.25, -0.2) is 14.6 Å². The lowest BCUT2D eigenvalue weighted by atomic mass is 10.3. The Labute approximate surface area is 89.0 Å². The molecule has 2 heterocycles. The van der Waals surface area contributed by atoms with E-state index in [-0.39, 0.29) is 0 Å². The predicted molar refractivity (Wildman–Crippen MR) is 58.0 cm³/mol. The van der Waals surface area contributed by atoms with Gasteiger partial charge in [0.1, 0.15) is 6.33 Å². The van der Waals surface area contributed by atoms with Crippen molar-refractivity contribution in [2.75, 3.05) is 0 Å². The minimum absolute atomic E-state index is 0.840. The van der Waals surface area contributed by atoms with Crippen LogP contribution in [0.3, 0.4) is 0 Å². The fraction of sp³-hybridized carbons (Fsp3) is 0.364. The van der Waals surface area contributed by atoms with Gasteiger partial charge in [-0.2, -0.15) is 5.10 Å². The van der Waals surface area contributed by atoms with Crippen LogP contribution >= 0.6 is 0 Å². The average Bonchev–Trinajstić information content (AvgIpc) is 2.58. The lowest BCUT2D eigenvalue weighted by molar-refractivity contribution is 0.793. The van der Waals surface area contributed by atoms with Crippen LogP contribution < -0.4 is 0 Å². The minimum Gasteiger partial charge on any atom is -0.241 e. The monoisotopic (exact) mass is 202 g/mol. The Morgan fingerprint density at radius 3 is 2.60 bits per heavy atom. The zero-order chi connectivity index (χ0) is 10.8. The number of aromatic nitrogens is 4. The molecule has 4 heteroatoms. The molecule has 0 bridgehead atoms.